The van der Waals surface area contributed by atoms with Crippen LogP contribution in [-0.4, -0.2) is 60.1 Å². The molecule has 0 N–H and O–H groups in total. The summed E-state index contributed by atoms with van der Waals surface area (Å²) >= 11 is 5.94. The fraction of sp³-hybridized carbons (Fsp3) is 0.381. The van der Waals surface area contributed by atoms with Crippen LogP contribution >= 0.6 is 11.6 Å². The number of morpholine rings is 1. The Bertz CT molecular complexity index is 1040. The number of ether oxygens (including phenoxy) is 1. The maximum Gasteiger partial charge on any atom is 0.254 e. The first kappa shape index (κ1) is 19.1. The molecular weight excluding hydrogens is 412 g/mol. The molecule has 1 spiro atoms. The van der Waals surface area contributed by atoms with Crippen LogP contribution in [0.15, 0.2) is 54.6 Å². The molecule has 0 unspecified atom stereocenters. The molecule has 0 aromatic heterocycles. The largest absolute Gasteiger partial charge is 0.365 e. The maximum absolute atomic E-state index is 13.2. The van der Waals surface area contributed by atoms with Crippen LogP contribution in [0.4, 0.5) is 0 Å². The molecule has 3 atom stereocenters. The SMILES string of the molecule is O=C(c1ccccc1)N1C[C@H]2C[C@H]3[C@](C1)(CN(Cc1ccc(Cl)cc1)S3(=O)=O)O2. The number of amides is 1. The van der Waals surface area contributed by atoms with Crippen LogP contribution in [0.25, 0.3) is 0 Å². The van der Waals surface area contributed by atoms with Crippen LogP contribution < -0.4 is 0 Å². The molecule has 2 aromatic carbocycles. The van der Waals surface area contributed by atoms with Crippen molar-refractivity contribution < 1.29 is 17.9 Å². The molecule has 1 amide bonds. The molecule has 3 aliphatic heterocycles. The minimum Gasteiger partial charge on any atom is -0.365 e. The van der Waals surface area contributed by atoms with Gasteiger partial charge in [0.15, 0.2) is 0 Å². The number of likely N-dealkylation sites (tertiary alicyclic amines) is 1. The van der Waals surface area contributed by atoms with E-state index in [1.165, 1.54) is 4.31 Å². The van der Waals surface area contributed by atoms with E-state index >= 15 is 0 Å². The van der Waals surface area contributed by atoms with Crippen LogP contribution in [0, 0.1) is 0 Å². The zero-order valence-corrected chi connectivity index (χ0v) is 17.3. The number of sulfonamides is 1. The van der Waals surface area contributed by atoms with Crippen molar-refractivity contribution in [3.8, 4) is 0 Å². The third-order valence-electron chi connectivity index (χ3n) is 6.09. The molecule has 6 nitrogen and oxygen atoms in total. The Morgan fingerprint density at radius 2 is 1.83 bits per heavy atom. The number of carbonyl (C=O) groups excluding carboxylic acids is 1. The lowest BCUT2D eigenvalue weighted by atomic mass is 9.99. The van der Waals surface area contributed by atoms with Gasteiger partial charge in [0, 0.05) is 30.2 Å². The number of halogens is 1. The highest BCUT2D eigenvalue weighted by atomic mass is 35.5. The number of carbonyl (C=O) groups is 1. The molecule has 2 bridgehead atoms. The molecule has 0 aliphatic carbocycles. The van der Waals surface area contributed by atoms with Gasteiger partial charge >= 0.3 is 0 Å². The summed E-state index contributed by atoms with van der Waals surface area (Å²) in [6.45, 7) is 1.26. The third kappa shape index (κ3) is 3.17. The summed E-state index contributed by atoms with van der Waals surface area (Å²) in [6, 6.07) is 16.3. The monoisotopic (exact) mass is 432 g/mol. The number of hydrogen-bond acceptors (Lipinski definition) is 4. The quantitative estimate of drug-likeness (QED) is 0.747. The predicted molar refractivity (Wildman–Crippen MR) is 109 cm³/mol. The summed E-state index contributed by atoms with van der Waals surface area (Å²) in [4.78, 5) is 14.7. The van der Waals surface area contributed by atoms with Gasteiger partial charge < -0.3 is 9.64 Å². The summed E-state index contributed by atoms with van der Waals surface area (Å²) in [5.41, 5.74) is 0.623. The highest BCUT2D eigenvalue weighted by Crippen LogP contribution is 2.47. The molecule has 29 heavy (non-hydrogen) atoms. The topological polar surface area (TPSA) is 66.9 Å². The normalized spacial score (nSPS) is 30.3. The highest BCUT2D eigenvalue weighted by molar-refractivity contribution is 7.90. The Morgan fingerprint density at radius 3 is 2.55 bits per heavy atom. The van der Waals surface area contributed by atoms with Gasteiger partial charge in [-0.3, -0.25) is 4.79 Å². The van der Waals surface area contributed by atoms with Crippen molar-refractivity contribution in [1.82, 2.24) is 9.21 Å². The highest BCUT2D eigenvalue weighted by Gasteiger charge is 2.65. The second-order valence-electron chi connectivity index (χ2n) is 8.02. The summed E-state index contributed by atoms with van der Waals surface area (Å²) in [5, 5.41) is 0.00267. The van der Waals surface area contributed by atoms with Gasteiger partial charge in [0.2, 0.25) is 10.0 Å². The van der Waals surface area contributed by atoms with E-state index in [2.05, 4.69) is 0 Å². The number of hydrogen-bond donors (Lipinski definition) is 0. The summed E-state index contributed by atoms with van der Waals surface area (Å²) in [5.74, 6) is -0.0764. The Hall–Kier alpha value is -1.93. The molecule has 0 saturated carbocycles. The van der Waals surface area contributed by atoms with Crippen LogP contribution in [0.3, 0.4) is 0 Å². The average Bonchev–Trinajstić information content (AvgIpc) is 3.09. The second kappa shape index (κ2) is 6.80. The number of benzene rings is 2. The first-order chi connectivity index (χ1) is 13.9. The van der Waals surface area contributed by atoms with Crippen LogP contribution in [0.5, 0.6) is 0 Å². The van der Waals surface area contributed by atoms with Crippen molar-refractivity contribution in [1.29, 1.82) is 0 Å². The van der Waals surface area contributed by atoms with Gasteiger partial charge in [-0.25, -0.2) is 8.42 Å². The summed E-state index contributed by atoms with van der Waals surface area (Å²) < 4.78 is 34.2. The molecule has 3 saturated heterocycles. The van der Waals surface area contributed by atoms with E-state index in [0.29, 0.717) is 23.6 Å². The number of fused-ring (bicyclic) bond motifs is 1. The van der Waals surface area contributed by atoms with E-state index < -0.39 is 20.9 Å². The molecular formula is C21H21ClN2O4S. The van der Waals surface area contributed by atoms with Gasteiger partial charge in [0.1, 0.15) is 10.9 Å². The van der Waals surface area contributed by atoms with Crippen LogP contribution in [0.1, 0.15) is 22.3 Å². The molecule has 152 valence electrons. The van der Waals surface area contributed by atoms with Crippen molar-refractivity contribution in [2.45, 2.75) is 29.9 Å². The zero-order valence-electron chi connectivity index (χ0n) is 15.7. The number of rotatable bonds is 3. The minimum absolute atomic E-state index is 0.0764. The molecule has 5 rings (SSSR count). The molecule has 2 aromatic rings. The number of nitrogens with zero attached hydrogens (tertiary/aromatic N) is 2. The zero-order chi connectivity index (χ0) is 20.2. The van der Waals surface area contributed by atoms with Gasteiger partial charge in [0.25, 0.3) is 5.91 Å². The van der Waals surface area contributed by atoms with Crippen LogP contribution in [-0.2, 0) is 21.3 Å². The fourth-order valence-corrected chi connectivity index (χ4v) is 7.22. The van der Waals surface area contributed by atoms with E-state index in [1.54, 1.807) is 29.2 Å². The van der Waals surface area contributed by atoms with Gasteiger partial charge in [-0.15, -0.1) is 0 Å². The smallest absolute Gasteiger partial charge is 0.254 e. The summed E-state index contributed by atoms with van der Waals surface area (Å²) in [7, 11) is -3.51. The molecule has 0 radical (unpaired) electrons. The van der Waals surface area contributed by atoms with Gasteiger partial charge in [-0.2, -0.15) is 4.31 Å². The van der Waals surface area contributed by atoms with Crippen molar-refractivity contribution in [2.75, 3.05) is 19.6 Å². The van der Waals surface area contributed by atoms with Gasteiger partial charge in [-0.05, 0) is 36.2 Å². The first-order valence-corrected chi connectivity index (χ1v) is 11.5. The van der Waals surface area contributed by atoms with E-state index in [-0.39, 0.29) is 31.6 Å². The van der Waals surface area contributed by atoms with Gasteiger partial charge in [-0.1, -0.05) is 41.9 Å². The van der Waals surface area contributed by atoms with E-state index in [0.717, 1.165) is 5.56 Å². The van der Waals surface area contributed by atoms with Crippen molar-refractivity contribution in [3.05, 3.63) is 70.7 Å². The minimum atomic E-state index is -3.51. The lowest BCUT2D eigenvalue weighted by molar-refractivity contribution is -0.0980. The molecule has 3 fully saturated rings. The van der Waals surface area contributed by atoms with Crippen molar-refractivity contribution in [3.63, 3.8) is 0 Å². The molecule has 3 heterocycles. The van der Waals surface area contributed by atoms with Crippen molar-refractivity contribution in [2.24, 2.45) is 0 Å². The second-order valence-corrected chi connectivity index (χ2v) is 10.6. The third-order valence-corrected chi connectivity index (χ3v) is 8.66. The van der Waals surface area contributed by atoms with Crippen LogP contribution in [0.2, 0.25) is 5.02 Å². The lowest BCUT2D eigenvalue weighted by Gasteiger charge is -2.39. The Kier molecular flexibility index (Phi) is 4.47. The maximum atomic E-state index is 13.2. The lowest BCUT2D eigenvalue weighted by Crippen LogP contribution is -2.56. The molecule has 3 aliphatic rings. The fourth-order valence-electron chi connectivity index (χ4n) is 4.80. The first-order valence-electron chi connectivity index (χ1n) is 9.63. The van der Waals surface area contributed by atoms with E-state index in [4.69, 9.17) is 16.3 Å². The van der Waals surface area contributed by atoms with E-state index in [9.17, 15) is 13.2 Å². The average molecular weight is 433 g/mol. The van der Waals surface area contributed by atoms with Crippen molar-refractivity contribution >= 4 is 27.5 Å². The molecule has 8 heteroatoms. The van der Waals surface area contributed by atoms with E-state index in [1.807, 2.05) is 30.3 Å². The summed E-state index contributed by atoms with van der Waals surface area (Å²) in [6.07, 6.45) is 0.187. The predicted octanol–water partition coefficient (Wildman–Crippen LogP) is 2.54. The Labute approximate surface area is 175 Å². The Morgan fingerprint density at radius 1 is 1.10 bits per heavy atom. The Balaban J connectivity index is 1.40. The van der Waals surface area contributed by atoms with Gasteiger partial charge in [0.05, 0.1) is 12.6 Å². The standard InChI is InChI=1S/C21H21ClN2O4S/c22-17-8-6-15(7-9-17)11-24-14-21-13-23(20(25)16-4-2-1-3-5-16)12-18(28-21)10-19(21)29(24,26)27/h1-9,18-19H,10-14H2/t18-,19+,21+/m1/s1.